The second-order valence-corrected chi connectivity index (χ2v) is 6.32. The van der Waals surface area contributed by atoms with Crippen LogP contribution in [0.4, 0.5) is 5.69 Å². The molecule has 122 valence electrons. The number of benzene rings is 1. The van der Waals surface area contributed by atoms with Crippen LogP contribution in [0.1, 0.15) is 17.4 Å². The van der Waals surface area contributed by atoms with Gasteiger partial charge < -0.3 is 9.80 Å². The molecule has 1 saturated heterocycles. The number of nitro benzene ring substituents is 1. The van der Waals surface area contributed by atoms with Gasteiger partial charge in [0.25, 0.3) is 5.69 Å². The Kier molecular flexibility index (Phi) is 7.12. The predicted molar refractivity (Wildman–Crippen MR) is 90.4 cm³/mol. The Morgan fingerprint density at radius 1 is 1.36 bits per heavy atom. The first-order valence-corrected chi connectivity index (χ1v) is 7.84. The number of rotatable bonds is 6. The van der Waals surface area contributed by atoms with Crippen LogP contribution in [0.3, 0.4) is 0 Å². The topological polar surface area (TPSA) is 66.7 Å². The third kappa shape index (κ3) is 4.59. The predicted octanol–water partition coefficient (Wildman–Crippen LogP) is 2.54. The molecule has 22 heavy (non-hydrogen) atoms. The van der Waals surface area contributed by atoms with E-state index in [0.29, 0.717) is 12.3 Å². The van der Waals surface area contributed by atoms with Crippen molar-refractivity contribution < 1.29 is 9.72 Å². The SMILES string of the molecule is CN(C)CCCN1C(=O)CSC1c1ccc([N+](=O)[O-])cc1.Cl. The third-order valence-corrected chi connectivity index (χ3v) is 4.62. The van der Waals surface area contributed by atoms with Crippen LogP contribution < -0.4 is 0 Å². The molecule has 1 aliphatic rings. The summed E-state index contributed by atoms with van der Waals surface area (Å²) in [5.74, 6) is 0.617. The molecule has 0 bridgehead atoms. The van der Waals surface area contributed by atoms with Crippen molar-refractivity contribution >= 4 is 35.8 Å². The van der Waals surface area contributed by atoms with Gasteiger partial charge in [-0.2, -0.15) is 0 Å². The van der Waals surface area contributed by atoms with E-state index in [0.717, 1.165) is 18.5 Å². The fraction of sp³-hybridized carbons (Fsp3) is 0.500. The molecule has 0 radical (unpaired) electrons. The molecule has 1 unspecified atom stereocenters. The summed E-state index contributed by atoms with van der Waals surface area (Å²) in [5, 5.41) is 10.7. The van der Waals surface area contributed by atoms with E-state index in [1.54, 1.807) is 23.9 Å². The second-order valence-electron chi connectivity index (χ2n) is 5.26. The quantitative estimate of drug-likeness (QED) is 0.585. The van der Waals surface area contributed by atoms with Gasteiger partial charge in [-0.3, -0.25) is 14.9 Å². The van der Waals surface area contributed by atoms with Gasteiger partial charge in [0.2, 0.25) is 5.91 Å². The molecule has 1 aromatic carbocycles. The third-order valence-electron chi connectivity index (χ3n) is 3.36. The van der Waals surface area contributed by atoms with E-state index < -0.39 is 4.92 Å². The molecule has 0 aromatic heterocycles. The average Bonchev–Trinajstić information content (AvgIpc) is 2.80. The molecular formula is C14H20ClN3O3S. The number of amides is 1. The lowest BCUT2D eigenvalue weighted by molar-refractivity contribution is -0.384. The smallest absolute Gasteiger partial charge is 0.269 e. The highest BCUT2D eigenvalue weighted by Crippen LogP contribution is 2.38. The number of carbonyl (C=O) groups excluding carboxylic acids is 1. The molecule has 8 heteroatoms. The summed E-state index contributed by atoms with van der Waals surface area (Å²) < 4.78 is 0. The number of nitro groups is 1. The summed E-state index contributed by atoms with van der Waals surface area (Å²) in [6.45, 7) is 1.65. The fourth-order valence-electron chi connectivity index (χ4n) is 2.29. The number of non-ortho nitro benzene ring substituents is 1. The largest absolute Gasteiger partial charge is 0.326 e. The lowest BCUT2D eigenvalue weighted by Gasteiger charge is -2.24. The summed E-state index contributed by atoms with van der Waals surface area (Å²) >= 11 is 1.58. The zero-order valence-electron chi connectivity index (χ0n) is 12.6. The molecule has 0 spiro atoms. The van der Waals surface area contributed by atoms with Crippen LogP contribution in [0.5, 0.6) is 0 Å². The van der Waals surface area contributed by atoms with Gasteiger partial charge in [-0.1, -0.05) is 0 Å². The number of halogens is 1. The summed E-state index contributed by atoms with van der Waals surface area (Å²) in [6.07, 6.45) is 0.919. The number of carbonyl (C=O) groups is 1. The minimum Gasteiger partial charge on any atom is -0.326 e. The molecule has 0 saturated carbocycles. The molecule has 1 atom stereocenters. The van der Waals surface area contributed by atoms with Gasteiger partial charge in [0, 0.05) is 18.7 Å². The number of nitrogens with zero attached hydrogens (tertiary/aromatic N) is 3. The number of thioether (sulfide) groups is 1. The van der Waals surface area contributed by atoms with Crippen molar-refractivity contribution in [1.82, 2.24) is 9.80 Å². The molecular weight excluding hydrogens is 326 g/mol. The first-order valence-electron chi connectivity index (χ1n) is 6.79. The summed E-state index contributed by atoms with van der Waals surface area (Å²) in [5.41, 5.74) is 1.02. The lowest BCUT2D eigenvalue weighted by Crippen LogP contribution is -2.31. The van der Waals surface area contributed by atoms with Crippen molar-refractivity contribution in [3.63, 3.8) is 0 Å². The van der Waals surface area contributed by atoms with Crippen molar-refractivity contribution in [1.29, 1.82) is 0 Å². The number of hydrogen-bond donors (Lipinski definition) is 0. The van der Waals surface area contributed by atoms with Crippen LogP contribution in [0.2, 0.25) is 0 Å². The Balaban J connectivity index is 0.00000242. The molecule has 1 fully saturated rings. The van der Waals surface area contributed by atoms with E-state index in [1.807, 2.05) is 19.0 Å². The Morgan fingerprint density at radius 3 is 2.55 bits per heavy atom. The van der Waals surface area contributed by atoms with Crippen molar-refractivity contribution in [2.24, 2.45) is 0 Å². The van der Waals surface area contributed by atoms with E-state index in [4.69, 9.17) is 0 Å². The summed E-state index contributed by atoms with van der Waals surface area (Å²) in [4.78, 5) is 26.2. The Labute approximate surface area is 140 Å². The van der Waals surface area contributed by atoms with Crippen LogP contribution in [0.25, 0.3) is 0 Å². The number of hydrogen-bond acceptors (Lipinski definition) is 5. The maximum Gasteiger partial charge on any atom is 0.269 e. The highest BCUT2D eigenvalue weighted by Gasteiger charge is 2.32. The standard InChI is InChI=1S/C14H19N3O3S.ClH/c1-15(2)8-3-9-16-13(18)10-21-14(16)11-4-6-12(7-5-11)17(19)20;/h4-7,14H,3,8-10H2,1-2H3;1H. The monoisotopic (exact) mass is 345 g/mol. The zero-order chi connectivity index (χ0) is 15.4. The van der Waals surface area contributed by atoms with Crippen molar-refractivity contribution in [2.75, 3.05) is 32.9 Å². The van der Waals surface area contributed by atoms with Crippen LogP contribution in [0, 0.1) is 10.1 Å². The molecule has 0 N–H and O–H groups in total. The van der Waals surface area contributed by atoms with E-state index in [1.165, 1.54) is 12.1 Å². The van der Waals surface area contributed by atoms with Gasteiger partial charge in [0.05, 0.1) is 10.7 Å². The van der Waals surface area contributed by atoms with Gasteiger partial charge in [0.15, 0.2) is 0 Å². The van der Waals surface area contributed by atoms with E-state index in [-0.39, 0.29) is 29.4 Å². The molecule has 1 aliphatic heterocycles. The normalized spacial score (nSPS) is 17.7. The van der Waals surface area contributed by atoms with Crippen molar-refractivity contribution in [3.05, 3.63) is 39.9 Å². The van der Waals surface area contributed by atoms with Crippen LogP contribution in [-0.4, -0.2) is 53.6 Å². The molecule has 2 rings (SSSR count). The van der Waals surface area contributed by atoms with E-state index in [9.17, 15) is 14.9 Å². The lowest BCUT2D eigenvalue weighted by atomic mass is 10.2. The molecule has 0 aliphatic carbocycles. The van der Waals surface area contributed by atoms with E-state index in [2.05, 4.69) is 4.90 Å². The van der Waals surface area contributed by atoms with Crippen molar-refractivity contribution in [2.45, 2.75) is 11.8 Å². The maximum atomic E-state index is 12.0. The van der Waals surface area contributed by atoms with Gasteiger partial charge in [-0.15, -0.1) is 24.2 Å². The average molecular weight is 346 g/mol. The van der Waals surface area contributed by atoms with E-state index >= 15 is 0 Å². The maximum absolute atomic E-state index is 12.0. The van der Waals surface area contributed by atoms with Gasteiger partial charge in [-0.05, 0) is 44.8 Å². The zero-order valence-corrected chi connectivity index (χ0v) is 14.2. The Hall–Kier alpha value is -1.31. The minimum atomic E-state index is -0.411. The first kappa shape index (κ1) is 18.7. The minimum absolute atomic E-state index is 0. The van der Waals surface area contributed by atoms with Crippen LogP contribution in [-0.2, 0) is 4.79 Å². The summed E-state index contributed by atoms with van der Waals surface area (Å²) in [6, 6.07) is 6.48. The van der Waals surface area contributed by atoms with Gasteiger partial charge in [0.1, 0.15) is 5.37 Å². The van der Waals surface area contributed by atoms with Crippen LogP contribution in [0.15, 0.2) is 24.3 Å². The molecule has 6 nitrogen and oxygen atoms in total. The molecule has 1 heterocycles. The molecule has 1 amide bonds. The Bertz CT molecular complexity index is 525. The second kappa shape index (κ2) is 8.36. The summed E-state index contributed by atoms with van der Waals surface area (Å²) in [7, 11) is 4.02. The van der Waals surface area contributed by atoms with Gasteiger partial charge in [-0.25, -0.2) is 0 Å². The fourth-order valence-corrected chi connectivity index (χ4v) is 3.51. The highest BCUT2D eigenvalue weighted by atomic mass is 35.5. The van der Waals surface area contributed by atoms with Gasteiger partial charge >= 0.3 is 0 Å². The van der Waals surface area contributed by atoms with Crippen molar-refractivity contribution in [3.8, 4) is 0 Å². The molecule has 1 aromatic rings. The highest BCUT2D eigenvalue weighted by molar-refractivity contribution is 8.00. The Morgan fingerprint density at radius 2 is 2.00 bits per heavy atom. The van der Waals surface area contributed by atoms with Crippen LogP contribution >= 0.6 is 24.2 Å². The first-order chi connectivity index (χ1) is 9.99.